The molecule has 5 nitrogen and oxygen atoms in total. The maximum atomic E-state index is 8.45. The Morgan fingerprint density at radius 3 is 2.53 bits per heavy atom. The highest BCUT2D eigenvalue weighted by molar-refractivity contribution is 5.97. The monoisotopic (exact) mass is 210 g/mol. The minimum absolute atomic E-state index is 0.0819. The van der Waals surface area contributed by atoms with Gasteiger partial charge in [0, 0.05) is 12.7 Å². The SMILES string of the molecule is COCCOc1ccc(/C(N)=N/O)cc1. The highest BCUT2D eigenvalue weighted by Crippen LogP contribution is 2.11. The van der Waals surface area contributed by atoms with E-state index in [2.05, 4.69) is 5.16 Å². The summed E-state index contributed by atoms with van der Waals surface area (Å²) in [5.41, 5.74) is 6.05. The first-order chi connectivity index (χ1) is 7.27. The molecule has 0 amide bonds. The van der Waals surface area contributed by atoms with Crippen LogP contribution in [0, 0.1) is 0 Å². The van der Waals surface area contributed by atoms with Crippen molar-refractivity contribution in [3.63, 3.8) is 0 Å². The molecule has 15 heavy (non-hydrogen) atoms. The van der Waals surface area contributed by atoms with E-state index in [1.54, 1.807) is 31.4 Å². The van der Waals surface area contributed by atoms with Gasteiger partial charge in [0.2, 0.25) is 0 Å². The van der Waals surface area contributed by atoms with Crippen LogP contribution in [0.2, 0.25) is 0 Å². The van der Waals surface area contributed by atoms with Crippen LogP contribution in [-0.2, 0) is 4.74 Å². The fraction of sp³-hybridized carbons (Fsp3) is 0.300. The molecule has 82 valence electrons. The zero-order valence-electron chi connectivity index (χ0n) is 8.51. The largest absolute Gasteiger partial charge is 0.491 e. The second kappa shape index (κ2) is 5.87. The van der Waals surface area contributed by atoms with Crippen molar-refractivity contribution in [1.82, 2.24) is 0 Å². The number of hydrogen-bond acceptors (Lipinski definition) is 4. The quantitative estimate of drug-likeness (QED) is 0.248. The smallest absolute Gasteiger partial charge is 0.170 e. The van der Waals surface area contributed by atoms with Gasteiger partial charge in [-0.15, -0.1) is 0 Å². The van der Waals surface area contributed by atoms with Gasteiger partial charge in [0.25, 0.3) is 0 Å². The second-order valence-electron chi connectivity index (χ2n) is 2.85. The summed E-state index contributed by atoms with van der Waals surface area (Å²) in [6.07, 6.45) is 0. The van der Waals surface area contributed by atoms with Crippen molar-refractivity contribution in [2.75, 3.05) is 20.3 Å². The van der Waals surface area contributed by atoms with Crippen LogP contribution in [-0.4, -0.2) is 31.4 Å². The molecule has 0 saturated heterocycles. The Morgan fingerprint density at radius 2 is 2.00 bits per heavy atom. The Morgan fingerprint density at radius 1 is 1.33 bits per heavy atom. The van der Waals surface area contributed by atoms with Crippen molar-refractivity contribution in [2.24, 2.45) is 10.9 Å². The molecule has 0 aromatic heterocycles. The molecular weight excluding hydrogens is 196 g/mol. The molecule has 5 heteroatoms. The zero-order chi connectivity index (χ0) is 11.1. The molecular formula is C10H14N2O3. The van der Waals surface area contributed by atoms with E-state index in [1.807, 2.05) is 0 Å². The van der Waals surface area contributed by atoms with E-state index in [4.69, 9.17) is 20.4 Å². The van der Waals surface area contributed by atoms with E-state index >= 15 is 0 Å². The van der Waals surface area contributed by atoms with E-state index < -0.39 is 0 Å². The topological polar surface area (TPSA) is 77.1 Å². The van der Waals surface area contributed by atoms with E-state index in [1.165, 1.54) is 0 Å². The third-order valence-electron chi connectivity index (χ3n) is 1.81. The lowest BCUT2D eigenvalue weighted by Crippen LogP contribution is -2.12. The van der Waals surface area contributed by atoms with Crippen LogP contribution in [0.4, 0.5) is 0 Å². The van der Waals surface area contributed by atoms with Gasteiger partial charge in [0.05, 0.1) is 6.61 Å². The standard InChI is InChI=1S/C10H14N2O3/c1-14-6-7-15-9-4-2-8(3-5-9)10(11)12-13/h2-5,13H,6-7H2,1H3,(H2,11,12). The van der Waals surface area contributed by atoms with Crippen molar-refractivity contribution in [3.05, 3.63) is 29.8 Å². The number of ether oxygens (including phenoxy) is 2. The van der Waals surface area contributed by atoms with Gasteiger partial charge < -0.3 is 20.4 Å². The van der Waals surface area contributed by atoms with Crippen molar-refractivity contribution < 1.29 is 14.7 Å². The molecule has 0 unspecified atom stereocenters. The Kier molecular flexibility index (Phi) is 4.43. The predicted octanol–water partition coefficient (Wildman–Crippen LogP) is 0.806. The summed E-state index contributed by atoms with van der Waals surface area (Å²) >= 11 is 0. The molecule has 0 bridgehead atoms. The van der Waals surface area contributed by atoms with E-state index in [0.717, 1.165) is 5.75 Å². The minimum atomic E-state index is 0.0819. The number of oxime groups is 1. The van der Waals surface area contributed by atoms with Gasteiger partial charge in [-0.1, -0.05) is 5.16 Å². The van der Waals surface area contributed by atoms with Crippen molar-refractivity contribution in [2.45, 2.75) is 0 Å². The minimum Gasteiger partial charge on any atom is -0.491 e. The lowest BCUT2D eigenvalue weighted by molar-refractivity contribution is 0.146. The molecule has 0 heterocycles. The summed E-state index contributed by atoms with van der Waals surface area (Å²) in [7, 11) is 1.62. The van der Waals surface area contributed by atoms with Gasteiger partial charge >= 0.3 is 0 Å². The van der Waals surface area contributed by atoms with Gasteiger partial charge in [-0.3, -0.25) is 0 Å². The average molecular weight is 210 g/mol. The molecule has 1 aromatic carbocycles. The molecule has 0 saturated carbocycles. The average Bonchev–Trinajstić information content (AvgIpc) is 2.29. The Bertz CT molecular complexity index is 322. The molecule has 0 radical (unpaired) electrons. The molecule has 0 atom stereocenters. The Hall–Kier alpha value is -1.75. The Labute approximate surface area is 88.1 Å². The first-order valence-corrected chi connectivity index (χ1v) is 4.47. The number of amidine groups is 1. The summed E-state index contributed by atoms with van der Waals surface area (Å²) < 4.78 is 10.2. The Balaban J connectivity index is 2.56. The summed E-state index contributed by atoms with van der Waals surface area (Å²) in [6.45, 7) is 1.04. The molecule has 1 aromatic rings. The molecule has 0 aliphatic carbocycles. The predicted molar refractivity (Wildman–Crippen MR) is 56.3 cm³/mol. The maximum absolute atomic E-state index is 8.45. The molecule has 0 fully saturated rings. The van der Waals surface area contributed by atoms with E-state index in [-0.39, 0.29) is 5.84 Å². The summed E-state index contributed by atoms with van der Waals surface area (Å²) in [5.74, 6) is 0.806. The van der Waals surface area contributed by atoms with Crippen LogP contribution in [0.3, 0.4) is 0 Å². The van der Waals surface area contributed by atoms with Crippen LogP contribution >= 0.6 is 0 Å². The molecule has 1 rings (SSSR count). The number of methoxy groups -OCH3 is 1. The third-order valence-corrected chi connectivity index (χ3v) is 1.81. The van der Waals surface area contributed by atoms with Gasteiger partial charge in [-0.2, -0.15) is 0 Å². The highest BCUT2D eigenvalue weighted by Gasteiger charge is 1.99. The van der Waals surface area contributed by atoms with Crippen LogP contribution in [0.5, 0.6) is 5.75 Å². The molecule has 0 spiro atoms. The molecule has 0 aliphatic rings. The van der Waals surface area contributed by atoms with Crippen LogP contribution in [0.25, 0.3) is 0 Å². The van der Waals surface area contributed by atoms with E-state index in [9.17, 15) is 0 Å². The lowest BCUT2D eigenvalue weighted by Gasteiger charge is -2.05. The number of rotatable bonds is 5. The van der Waals surface area contributed by atoms with Crippen LogP contribution in [0.1, 0.15) is 5.56 Å². The summed E-state index contributed by atoms with van der Waals surface area (Å²) in [5, 5.41) is 11.3. The first kappa shape index (κ1) is 11.3. The van der Waals surface area contributed by atoms with Gasteiger partial charge in [0.1, 0.15) is 12.4 Å². The third kappa shape index (κ3) is 3.47. The normalized spacial score (nSPS) is 11.4. The van der Waals surface area contributed by atoms with Gasteiger partial charge in [-0.25, -0.2) is 0 Å². The summed E-state index contributed by atoms with van der Waals surface area (Å²) in [6, 6.07) is 6.94. The van der Waals surface area contributed by atoms with E-state index in [0.29, 0.717) is 18.8 Å². The van der Waals surface area contributed by atoms with Gasteiger partial charge in [-0.05, 0) is 24.3 Å². The number of nitrogens with zero attached hydrogens (tertiary/aromatic N) is 1. The van der Waals surface area contributed by atoms with Gasteiger partial charge in [0.15, 0.2) is 5.84 Å². The maximum Gasteiger partial charge on any atom is 0.170 e. The van der Waals surface area contributed by atoms with Crippen molar-refractivity contribution in [1.29, 1.82) is 0 Å². The first-order valence-electron chi connectivity index (χ1n) is 4.47. The number of nitrogens with two attached hydrogens (primary N) is 1. The zero-order valence-corrected chi connectivity index (χ0v) is 8.51. The second-order valence-corrected chi connectivity index (χ2v) is 2.85. The molecule has 0 aliphatic heterocycles. The molecule has 3 N–H and O–H groups in total. The fourth-order valence-electron chi connectivity index (χ4n) is 1.02. The van der Waals surface area contributed by atoms with Crippen molar-refractivity contribution >= 4 is 5.84 Å². The number of benzene rings is 1. The number of hydrogen-bond donors (Lipinski definition) is 2. The lowest BCUT2D eigenvalue weighted by atomic mass is 10.2. The highest BCUT2D eigenvalue weighted by atomic mass is 16.5. The summed E-state index contributed by atoms with van der Waals surface area (Å²) in [4.78, 5) is 0. The van der Waals surface area contributed by atoms with Crippen molar-refractivity contribution in [3.8, 4) is 5.75 Å². The fourth-order valence-corrected chi connectivity index (χ4v) is 1.02. The van der Waals surface area contributed by atoms with Crippen LogP contribution in [0.15, 0.2) is 29.4 Å². The van der Waals surface area contributed by atoms with Crippen LogP contribution < -0.4 is 10.5 Å².